The summed E-state index contributed by atoms with van der Waals surface area (Å²) in [5.74, 6) is -0.933. The van der Waals surface area contributed by atoms with E-state index >= 15 is 0 Å². The van der Waals surface area contributed by atoms with Gasteiger partial charge in [0.2, 0.25) is 0 Å². The van der Waals surface area contributed by atoms with Crippen LogP contribution in [-0.4, -0.2) is 11.9 Å². The minimum atomic E-state index is -0.503. The molecule has 0 fully saturated rings. The maximum absolute atomic E-state index is 10.7. The Morgan fingerprint density at radius 2 is 2.17 bits per heavy atom. The number of allylic oxidation sites excluding steroid dienone is 1. The normalized spacial score (nSPS) is 8.75. The molecule has 0 heterocycles. The van der Waals surface area contributed by atoms with Gasteiger partial charge in [0, 0.05) is 6.92 Å². The van der Waals surface area contributed by atoms with Crippen molar-refractivity contribution in [2.45, 2.75) is 19.8 Å². The van der Waals surface area contributed by atoms with Crippen LogP contribution in [0.25, 0.3) is 0 Å². The Morgan fingerprint density at radius 1 is 1.50 bits per heavy atom. The molecule has 0 aliphatic carbocycles. The lowest BCUT2D eigenvalue weighted by Crippen LogP contribution is -1.99. The summed E-state index contributed by atoms with van der Waals surface area (Å²) >= 11 is 0.387. The second-order valence-electron chi connectivity index (χ2n) is 1.93. The molecule has 68 valence electrons. The highest BCUT2D eigenvalue weighted by molar-refractivity contribution is 7.90. The molecule has 0 rings (SSSR count). The molecular formula is C7H10O4S. The molecule has 0 aromatic rings. The molecule has 0 bridgehead atoms. The van der Waals surface area contributed by atoms with Crippen molar-refractivity contribution in [3.05, 3.63) is 12.7 Å². The smallest absolute Gasteiger partial charge is 0.321 e. The molecule has 0 aliphatic rings. The van der Waals surface area contributed by atoms with Gasteiger partial charge in [-0.3, -0.25) is 9.59 Å². The summed E-state index contributed by atoms with van der Waals surface area (Å²) in [6, 6.07) is 0. The van der Waals surface area contributed by atoms with Crippen molar-refractivity contribution in [1.82, 2.24) is 0 Å². The number of carbonyl (C=O) groups is 2. The van der Waals surface area contributed by atoms with Gasteiger partial charge < -0.3 is 8.37 Å². The summed E-state index contributed by atoms with van der Waals surface area (Å²) in [6.07, 6.45) is 2.41. The van der Waals surface area contributed by atoms with E-state index < -0.39 is 11.9 Å². The predicted octanol–water partition coefficient (Wildman–Crippen LogP) is 1.62. The van der Waals surface area contributed by atoms with Crippen LogP contribution in [-0.2, 0) is 18.0 Å². The van der Waals surface area contributed by atoms with Crippen molar-refractivity contribution in [2.24, 2.45) is 0 Å². The van der Waals surface area contributed by atoms with E-state index in [2.05, 4.69) is 14.9 Å². The molecule has 0 saturated carbocycles. The monoisotopic (exact) mass is 190 g/mol. The highest BCUT2D eigenvalue weighted by atomic mass is 32.2. The van der Waals surface area contributed by atoms with E-state index in [0.717, 1.165) is 0 Å². The molecule has 0 unspecified atom stereocenters. The third kappa shape index (κ3) is 7.14. The van der Waals surface area contributed by atoms with Crippen LogP contribution < -0.4 is 0 Å². The molecule has 0 N–H and O–H groups in total. The highest BCUT2D eigenvalue weighted by Gasteiger charge is 2.03. The Hall–Kier alpha value is -0.970. The third-order valence-electron chi connectivity index (χ3n) is 0.831. The minimum absolute atomic E-state index is 0.248. The van der Waals surface area contributed by atoms with Crippen LogP contribution in [0.2, 0.25) is 0 Å². The Kier molecular flexibility index (Phi) is 6.18. The SMILES string of the molecule is C=CCCC(=O)OSOC(C)=O. The van der Waals surface area contributed by atoms with Gasteiger partial charge >= 0.3 is 11.9 Å². The summed E-state index contributed by atoms with van der Waals surface area (Å²) in [5, 5.41) is 0. The first-order chi connectivity index (χ1) is 5.66. The Morgan fingerprint density at radius 3 is 2.67 bits per heavy atom. The largest absolute Gasteiger partial charge is 0.355 e. The third-order valence-corrected chi connectivity index (χ3v) is 1.39. The van der Waals surface area contributed by atoms with Crippen molar-refractivity contribution in [3.63, 3.8) is 0 Å². The molecule has 0 aromatic heterocycles. The van der Waals surface area contributed by atoms with Gasteiger partial charge in [-0.05, 0) is 6.42 Å². The van der Waals surface area contributed by atoms with E-state index in [1.165, 1.54) is 6.92 Å². The minimum Gasteiger partial charge on any atom is -0.355 e. The fourth-order valence-electron chi connectivity index (χ4n) is 0.364. The summed E-state index contributed by atoms with van der Waals surface area (Å²) in [7, 11) is 0. The summed E-state index contributed by atoms with van der Waals surface area (Å²) < 4.78 is 8.74. The molecule has 0 atom stereocenters. The Balaban J connectivity index is 3.31. The van der Waals surface area contributed by atoms with E-state index in [1.807, 2.05) is 0 Å². The number of carbonyl (C=O) groups excluding carboxylic acids is 2. The zero-order valence-electron chi connectivity index (χ0n) is 6.74. The molecular weight excluding hydrogens is 180 g/mol. The number of rotatable bonds is 5. The fraction of sp³-hybridized carbons (Fsp3) is 0.429. The summed E-state index contributed by atoms with van der Waals surface area (Å²) in [5.41, 5.74) is 0. The van der Waals surface area contributed by atoms with Gasteiger partial charge in [-0.15, -0.1) is 6.58 Å². The van der Waals surface area contributed by atoms with E-state index in [0.29, 0.717) is 18.7 Å². The van der Waals surface area contributed by atoms with Crippen molar-refractivity contribution in [3.8, 4) is 0 Å². The highest BCUT2D eigenvalue weighted by Crippen LogP contribution is 2.07. The lowest BCUT2D eigenvalue weighted by atomic mass is 10.3. The quantitative estimate of drug-likeness (QED) is 0.487. The van der Waals surface area contributed by atoms with Crippen LogP contribution in [0.4, 0.5) is 0 Å². The van der Waals surface area contributed by atoms with Crippen LogP contribution >= 0.6 is 12.3 Å². The van der Waals surface area contributed by atoms with Gasteiger partial charge in [0.15, 0.2) is 0 Å². The van der Waals surface area contributed by atoms with Gasteiger partial charge in [-0.1, -0.05) is 6.08 Å². The van der Waals surface area contributed by atoms with E-state index in [-0.39, 0.29) is 6.42 Å². The number of hydrogen-bond acceptors (Lipinski definition) is 5. The Labute approximate surface area is 75.3 Å². The lowest BCUT2D eigenvalue weighted by molar-refractivity contribution is -0.134. The van der Waals surface area contributed by atoms with Gasteiger partial charge in [-0.25, -0.2) is 0 Å². The molecule has 0 amide bonds. The average Bonchev–Trinajstić information content (AvgIpc) is 2.00. The molecule has 4 nitrogen and oxygen atoms in total. The first-order valence-electron chi connectivity index (χ1n) is 3.32. The molecule has 0 radical (unpaired) electrons. The van der Waals surface area contributed by atoms with Gasteiger partial charge in [0.1, 0.15) is 0 Å². The van der Waals surface area contributed by atoms with Crippen LogP contribution in [0.3, 0.4) is 0 Å². The topological polar surface area (TPSA) is 52.6 Å². The molecule has 5 heteroatoms. The standard InChI is InChI=1S/C7H10O4S/c1-3-4-5-7(9)11-12-10-6(2)8/h3H,1,4-5H2,2H3. The van der Waals surface area contributed by atoms with Gasteiger partial charge in [-0.2, -0.15) is 0 Å². The molecule has 0 saturated heterocycles. The molecule has 12 heavy (non-hydrogen) atoms. The van der Waals surface area contributed by atoms with Gasteiger partial charge in [0.05, 0.1) is 6.42 Å². The average molecular weight is 190 g/mol. The Bertz CT molecular complexity index is 178. The van der Waals surface area contributed by atoms with Crippen molar-refractivity contribution < 1.29 is 18.0 Å². The van der Waals surface area contributed by atoms with Crippen molar-refractivity contribution in [2.75, 3.05) is 0 Å². The van der Waals surface area contributed by atoms with Crippen LogP contribution in [0.1, 0.15) is 19.8 Å². The van der Waals surface area contributed by atoms with Crippen molar-refractivity contribution in [1.29, 1.82) is 0 Å². The second-order valence-corrected chi connectivity index (χ2v) is 2.40. The molecule has 0 aromatic carbocycles. The predicted molar refractivity (Wildman–Crippen MR) is 44.9 cm³/mol. The first kappa shape index (κ1) is 11.0. The van der Waals surface area contributed by atoms with Crippen LogP contribution in [0, 0.1) is 0 Å². The second kappa shape index (κ2) is 6.72. The maximum atomic E-state index is 10.7. The van der Waals surface area contributed by atoms with Crippen LogP contribution in [0.15, 0.2) is 12.7 Å². The van der Waals surface area contributed by atoms with Crippen LogP contribution in [0.5, 0.6) is 0 Å². The van der Waals surface area contributed by atoms with E-state index in [1.54, 1.807) is 6.08 Å². The summed E-state index contributed by atoms with van der Waals surface area (Å²) in [6.45, 7) is 4.67. The van der Waals surface area contributed by atoms with Gasteiger partial charge in [0.25, 0.3) is 12.3 Å². The van der Waals surface area contributed by atoms with Crippen molar-refractivity contribution >= 4 is 24.3 Å². The summed E-state index contributed by atoms with van der Waals surface area (Å²) in [4.78, 5) is 20.9. The van der Waals surface area contributed by atoms with E-state index in [9.17, 15) is 9.59 Å². The van der Waals surface area contributed by atoms with E-state index in [4.69, 9.17) is 0 Å². The lowest BCUT2D eigenvalue weighted by Gasteiger charge is -1.98. The fourth-order valence-corrected chi connectivity index (χ4v) is 0.654. The molecule has 0 spiro atoms. The maximum Gasteiger partial charge on any atom is 0.321 e. The first-order valence-corrected chi connectivity index (χ1v) is 3.99. The zero-order chi connectivity index (χ0) is 9.40. The molecule has 0 aliphatic heterocycles. The zero-order valence-corrected chi connectivity index (χ0v) is 7.56. The number of hydrogen-bond donors (Lipinski definition) is 0.